The smallest absolute Gasteiger partial charge is 0.149 e. The quantitative estimate of drug-likeness (QED) is 0.723. The van der Waals surface area contributed by atoms with Crippen molar-refractivity contribution in [3.8, 4) is 0 Å². The van der Waals surface area contributed by atoms with E-state index in [0.29, 0.717) is 5.78 Å². The summed E-state index contributed by atoms with van der Waals surface area (Å²) in [6, 6.07) is 0. The van der Waals surface area contributed by atoms with E-state index >= 15 is 0 Å². The van der Waals surface area contributed by atoms with Crippen LogP contribution in [0.1, 0.15) is 52.4 Å². The van der Waals surface area contributed by atoms with Crippen molar-refractivity contribution in [2.45, 2.75) is 57.9 Å². The third-order valence-corrected chi connectivity index (χ3v) is 2.96. The first-order chi connectivity index (χ1) is 6.21. The van der Waals surface area contributed by atoms with E-state index in [-0.39, 0.29) is 5.54 Å². The second kappa shape index (κ2) is 4.75. The Balaban J connectivity index is 2.56. The monoisotopic (exact) mass is 182 g/mol. The van der Waals surface area contributed by atoms with Gasteiger partial charge in [0.05, 0.1) is 5.54 Å². The van der Waals surface area contributed by atoms with E-state index in [2.05, 4.69) is 12.2 Å². The van der Waals surface area contributed by atoms with Gasteiger partial charge in [0, 0.05) is 6.54 Å². The van der Waals surface area contributed by atoms with E-state index in [1.807, 2.05) is 6.54 Å². The lowest BCUT2D eigenvalue weighted by molar-refractivity contribution is -0.124. The molecule has 0 amide bonds. The molecule has 0 heterocycles. The molecule has 1 aliphatic rings. The van der Waals surface area contributed by atoms with Crippen LogP contribution in [0.3, 0.4) is 0 Å². The largest absolute Gasteiger partial charge is 0.301 e. The highest BCUT2D eigenvalue weighted by atomic mass is 16.1. The van der Waals surface area contributed by atoms with Gasteiger partial charge in [0.15, 0.2) is 0 Å². The molecule has 0 atom stereocenters. The molecule has 0 spiro atoms. The Kier molecular flexibility index (Phi) is 3.91. The minimum absolute atomic E-state index is 0.214. The number of hydrogen-bond donors (Lipinski definition) is 1. The molecule has 75 valence electrons. The van der Waals surface area contributed by atoms with E-state index in [9.17, 15) is 4.79 Å². The van der Waals surface area contributed by atoms with Gasteiger partial charge in [0.2, 0.25) is 0 Å². The molecule has 0 aromatic rings. The summed E-state index contributed by atoms with van der Waals surface area (Å²) in [7, 11) is 0. The molecule has 0 aliphatic heterocycles. The number of nitrogens with one attached hydrogen (secondary N) is 1. The molecule has 2 heteroatoms. The lowest BCUT2D eigenvalue weighted by Crippen LogP contribution is -2.51. The third-order valence-electron chi connectivity index (χ3n) is 2.96. The number of rotatable bonds is 4. The van der Waals surface area contributed by atoms with Crippen LogP contribution in [0.5, 0.6) is 0 Å². The molecular formula is C11H20NO. The van der Waals surface area contributed by atoms with E-state index < -0.39 is 0 Å². The molecule has 1 N–H and O–H groups in total. The predicted molar refractivity (Wildman–Crippen MR) is 54.2 cm³/mol. The highest BCUT2D eigenvalue weighted by Gasteiger charge is 2.35. The number of ketones is 1. The van der Waals surface area contributed by atoms with Crippen molar-refractivity contribution in [2.75, 3.05) is 0 Å². The van der Waals surface area contributed by atoms with Gasteiger partial charge in [-0.15, -0.1) is 0 Å². The molecule has 13 heavy (non-hydrogen) atoms. The molecule has 1 aliphatic carbocycles. The van der Waals surface area contributed by atoms with Gasteiger partial charge in [0.25, 0.3) is 0 Å². The first-order valence-electron chi connectivity index (χ1n) is 5.32. The van der Waals surface area contributed by atoms with E-state index in [4.69, 9.17) is 0 Å². The lowest BCUT2D eigenvalue weighted by atomic mass is 9.79. The summed E-state index contributed by atoms with van der Waals surface area (Å²) < 4.78 is 0. The van der Waals surface area contributed by atoms with Crippen molar-refractivity contribution in [1.29, 1.82) is 0 Å². The zero-order valence-corrected chi connectivity index (χ0v) is 8.73. The number of hydrogen-bond acceptors (Lipinski definition) is 2. The van der Waals surface area contributed by atoms with Crippen molar-refractivity contribution in [2.24, 2.45) is 0 Å². The number of Topliss-reactive ketones (excluding diaryl/α,β-unsaturated/α-hetero) is 1. The molecule has 0 aromatic heterocycles. The van der Waals surface area contributed by atoms with Crippen LogP contribution in [0.25, 0.3) is 0 Å². The Morgan fingerprint density at radius 2 is 2.00 bits per heavy atom. The maximum atomic E-state index is 11.5. The average molecular weight is 182 g/mol. The highest BCUT2D eigenvalue weighted by Crippen LogP contribution is 2.29. The van der Waals surface area contributed by atoms with Crippen molar-refractivity contribution in [3.63, 3.8) is 0 Å². The second-order valence-electron chi connectivity index (χ2n) is 3.96. The van der Waals surface area contributed by atoms with Gasteiger partial charge in [0.1, 0.15) is 5.78 Å². The molecule has 1 radical (unpaired) electrons. The highest BCUT2D eigenvalue weighted by molar-refractivity contribution is 5.86. The van der Waals surface area contributed by atoms with Gasteiger partial charge in [-0.2, -0.15) is 0 Å². The van der Waals surface area contributed by atoms with Crippen LogP contribution in [0.15, 0.2) is 0 Å². The SMILES string of the molecule is CC[CH]NC1(C(C)=O)CCCCC1. The summed E-state index contributed by atoms with van der Waals surface area (Å²) >= 11 is 0. The Labute approximate surface area is 81.1 Å². The molecule has 0 aromatic carbocycles. The molecule has 0 unspecified atom stereocenters. The van der Waals surface area contributed by atoms with Gasteiger partial charge >= 0.3 is 0 Å². The average Bonchev–Trinajstić information content (AvgIpc) is 2.16. The zero-order chi connectivity index (χ0) is 9.73. The van der Waals surface area contributed by atoms with Gasteiger partial charge in [-0.05, 0) is 26.2 Å². The normalized spacial score (nSPS) is 21.4. The summed E-state index contributed by atoms with van der Waals surface area (Å²) in [5.74, 6) is 0.303. The van der Waals surface area contributed by atoms with Crippen LogP contribution in [0.4, 0.5) is 0 Å². The van der Waals surface area contributed by atoms with Gasteiger partial charge in [-0.25, -0.2) is 0 Å². The minimum Gasteiger partial charge on any atom is -0.301 e. The van der Waals surface area contributed by atoms with Gasteiger partial charge < -0.3 is 5.32 Å². The fourth-order valence-corrected chi connectivity index (χ4v) is 2.05. The Bertz CT molecular complexity index is 171. The molecule has 1 fully saturated rings. The Morgan fingerprint density at radius 3 is 2.46 bits per heavy atom. The molecule has 0 bridgehead atoms. The van der Waals surface area contributed by atoms with Crippen LogP contribution < -0.4 is 5.32 Å². The van der Waals surface area contributed by atoms with Crippen LogP contribution in [-0.4, -0.2) is 11.3 Å². The second-order valence-corrected chi connectivity index (χ2v) is 3.96. The van der Waals surface area contributed by atoms with Gasteiger partial charge in [-0.1, -0.05) is 26.2 Å². The third kappa shape index (κ3) is 2.53. The van der Waals surface area contributed by atoms with Crippen LogP contribution in [-0.2, 0) is 4.79 Å². The summed E-state index contributed by atoms with van der Waals surface area (Å²) in [4.78, 5) is 11.5. The van der Waals surface area contributed by atoms with Crippen LogP contribution in [0, 0.1) is 6.54 Å². The Morgan fingerprint density at radius 1 is 1.38 bits per heavy atom. The summed E-state index contributed by atoms with van der Waals surface area (Å²) in [6.45, 7) is 5.82. The summed E-state index contributed by atoms with van der Waals surface area (Å²) in [5, 5.41) is 3.31. The molecule has 1 saturated carbocycles. The molecule has 2 nitrogen and oxygen atoms in total. The van der Waals surface area contributed by atoms with E-state index in [1.54, 1.807) is 6.92 Å². The minimum atomic E-state index is -0.214. The maximum absolute atomic E-state index is 11.5. The lowest BCUT2D eigenvalue weighted by Gasteiger charge is -2.35. The number of carbonyl (C=O) groups is 1. The van der Waals surface area contributed by atoms with Gasteiger partial charge in [-0.3, -0.25) is 4.79 Å². The molecule has 0 saturated heterocycles. The molecular weight excluding hydrogens is 162 g/mol. The van der Waals surface area contributed by atoms with Crippen molar-refractivity contribution in [1.82, 2.24) is 5.32 Å². The fraction of sp³-hybridized carbons (Fsp3) is 0.818. The first kappa shape index (κ1) is 10.7. The Hall–Kier alpha value is -0.370. The van der Waals surface area contributed by atoms with E-state index in [0.717, 1.165) is 19.3 Å². The van der Waals surface area contributed by atoms with Crippen LogP contribution in [0.2, 0.25) is 0 Å². The predicted octanol–water partition coefficient (Wildman–Crippen LogP) is 2.44. The van der Waals surface area contributed by atoms with Crippen molar-refractivity contribution < 1.29 is 4.79 Å². The topological polar surface area (TPSA) is 29.1 Å². The summed E-state index contributed by atoms with van der Waals surface area (Å²) in [5.41, 5.74) is -0.214. The first-order valence-corrected chi connectivity index (χ1v) is 5.32. The van der Waals surface area contributed by atoms with Crippen LogP contribution >= 0.6 is 0 Å². The standard InChI is InChI=1S/C11H20NO/c1-3-9-12-11(10(2)13)7-5-4-6-8-11/h9,12H,3-8H2,1-2H3. The maximum Gasteiger partial charge on any atom is 0.149 e. The zero-order valence-electron chi connectivity index (χ0n) is 8.73. The number of carbonyl (C=O) groups excluding carboxylic acids is 1. The molecule has 1 rings (SSSR count). The van der Waals surface area contributed by atoms with Crippen molar-refractivity contribution in [3.05, 3.63) is 6.54 Å². The fourth-order valence-electron chi connectivity index (χ4n) is 2.05. The van der Waals surface area contributed by atoms with E-state index in [1.165, 1.54) is 19.3 Å². The summed E-state index contributed by atoms with van der Waals surface area (Å²) in [6.07, 6.45) is 6.66. The van der Waals surface area contributed by atoms with Crippen molar-refractivity contribution >= 4 is 5.78 Å².